The highest BCUT2D eigenvalue weighted by Gasteiger charge is 2.16. The van der Waals surface area contributed by atoms with Crippen LogP contribution >= 0.6 is 0 Å². The van der Waals surface area contributed by atoms with E-state index in [1.807, 2.05) is 32.0 Å². The zero-order valence-electron chi connectivity index (χ0n) is 11.2. The molecule has 0 fully saturated rings. The number of amides is 1. The highest BCUT2D eigenvalue weighted by atomic mass is 16.5. The first kappa shape index (κ1) is 14.7. The smallest absolute Gasteiger partial charge is 0.252 e. The molecule has 0 aromatic heterocycles. The van der Waals surface area contributed by atoms with Gasteiger partial charge in [-0.05, 0) is 31.4 Å². The predicted octanol–water partition coefficient (Wildman–Crippen LogP) is 1.43. The summed E-state index contributed by atoms with van der Waals surface area (Å²) in [5.41, 5.74) is 2.61. The van der Waals surface area contributed by atoms with Crippen molar-refractivity contribution in [1.29, 1.82) is 0 Å². The number of aryl methyl sites for hydroxylation is 2. The Hall–Kier alpha value is -1.39. The lowest BCUT2D eigenvalue weighted by Gasteiger charge is -2.18. The van der Waals surface area contributed by atoms with Gasteiger partial charge in [-0.1, -0.05) is 18.2 Å². The van der Waals surface area contributed by atoms with Gasteiger partial charge in [0, 0.05) is 19.3 Å². The molecule has 2 N–H and O–H groups in total. The van der Waals surface area contributed by atoms with Crippen LogP contribution in [0.2, 0.25) is 0 Å². The van der Waals surface area contributed by atoms with Crippen LogP contribution in [0.4, 0.5) is 0 Å². The maximum atomic E-state index is 12.2. The van der Waals surface area contributed by atoms with E-state index < -0.39 is 0 Å². The van der Waals surface area contributed by atoms with Gasteiger partial charge in [0.15, 0.2) is 0 Å². The fourth-order valence-electron chi connectivity index (χ4n) is 1.98. The zero-order chi connectivity index (χ0) is 13.5. The number of carbonyl (C=O) groups is 1. The number of hydrogen-bond donors (Lipinski definition) is 2. The van der Waals surface area contributed by atoms with E-state index in [-0.39, 0.29) is 18.6 Å². The second kappa shape index (κ2) is 7.13. The van der Waals surface area contributed by atoms with Crippen molar-refractivity contribution in [1.82, 2.24) is 5.32 Å². The molecular formula is C14H21NO3. The van der Waals surface area contributed by atoms with Gasteiger partial charge < -0.3 is 15.2 Å². The van der Waals surface area contributed by atoms with Crippen molar-refractivity contribution in [2.24, 2.45) is 0 Å². The molecular weight excluding hydrogens is 230 g/mol. The third-order valence-electron chi connectivity index (χ3n) is 2.89. The highest BCUT2D eigenvalue weighted by molar-refractivity contribution is 5.97. The number of aliphatic hydroxyl groups excluding tert-OH is 1. The number of benzene rings is 1. The summed E-state index contributed by atoms with van der Waals surface area (Å²) in [5.74, 6) is -0.110. The molecule has 1 aromatic rings. The first-order valence-electron chi connectivity index (χ1n) is 6.07. The summed E-state index contributed by atoms with van der Waals surface area (Å²) in [7, 11) is 1.58. The van der Waals surface area contributed by atoms with E-state index in [1.54, 1.807) is 7.11 Å². The predicted molar refractivity (Wildman–Crippen MR) is 70.7 cm³/mol. The molecule has 0 saturated heterocycles. The molecule has 0 aliphatic rings. The van der Waals surface area contributed by atoms with Gasteiger partial charge in [-0.25, -0.2) is 0 Å². The minimum absolute atomic E-state index is 0.0288. The fraction of sp³-hybridized carbons (Fsp3) is 0.500. The van der Waals surface area contributed by atoms with Gasteiger partial charge in [0.1, 0.15) is 0 Å². The highest BCUT2D eigenvalue weighted by Crippen LogP contribution is 2.13. The molecule has 100 valence electrons. The van der Waals surface area contributed by atoms with Gasteiger partial charge in [-0.15, -0.1) is 0 Å². The normalized spacial score (nSPS) is 12.2. The molecule has 0 aliphatic heterocycles. The van der Waals surface area contributed by atoms with Crippen molar-refractivity contribution in [3.05, 3.63) is 34.9 Å². The van der Waals surface area contributed by atoms with Crippen LogP contribution in [0.25, 0.3) is 0 Å². The van der Waals surface area contributed by atoms with E-state index in [0.29, 0.717) is 18.6 Å². The van der Waals surface area contributed by atoms with Gasteiger partial charge in [-0.3, -0.25) is 4.79 Å². The van der Waals surface area contributed by atoms with Crippen LogP contribution < -0.4 is 5.32 Å². The average Bonchev–Trinajstić information content (AvgIpc) is 2.29. The minimum Gasteiger partial charge on any atom is -0.396 e. The molecule has 1 atom stereocenters. The third-order valence-corrected chi connectivity index (χ3v) is 2.89. The van der Waals surface area contributed by atoms with Crippen molar-refractivity contribution in [2.45, 2.75) is 26.3 Å². The number of ether oxygens (including phenoxy) is 1. The second-order valence-corrected chi connectivity index (χ2v) is 4.40. The monoisotopic (exact) mass is 251 g/mol. The van der Waals surface area contributed by atoms with E-state index in [0.717, 1.165) is 11.1 Å². The summed E-state index contributed by atoms with van der Waals surface area (Å²) in [6, 6.07) is 5.60. The lowest BCUT2D eigenvalue weighted by Crippen LogP contribution is -2.39. The Morgan fingerprint density at radius 3 is 2.50 bits per heavy atom. The zero-order valence-corrected chi connectivity index (χ0v) is 11.2. The standard InChI is InChI=1S/C14H21NO3/c1-10-5-4-6-11(2)13(10)14(17)15-12(7-8-16)9-18-3/h4-6,12,16H,7-9H2,1-3H3,(H,15,17). The Labute approximate surface area is 108 Å². The SMILES string of the molecule is COCC(CCO)NC(=O)c1c(C)cccc1C. The summed E-state index contributed by atoms with van der Waals surface area (Å²) < 4.78 is 5.03. The van der Waals surface area contributed by atoms with Crippen LogP contribution in [-0.4, -0.2) is 37.4 Å². The molecule has 0 saturated carbocycles. The van der Waals surface area contributed by atoms with Crippen LogP contribution in [0.1, 0.15) is 27.9 Å². The molecule has 1 amide bonds. The molecule has 4 heteroatoms. The van der Waals surface area contributed by atoms with E-state index in [4.69, 9.17) is 9.84 Å². The van der Waals surface area contributed by atoms with Crippen molar-refractivity contribution >= 4 is 5.91 Å². The Bertz CT molecular complexity index is 378. The molecule has 1 rings (SSSR count). The summed E-state index contributed by atoms with van der Waals surface area (Å²) in [6.07, 6.45) is 0.491. The molecule has 0 heterocycles. The molecule has 18 heavy (non-hydrogen) atoms. The summed E-state index contributed by atoms with van der Waals surface area (Å²) in [5, 5.41) is 11.8. The Morgan fingerprint density at radius 1 is 1.39 bits per heavy atom. The van der Waals surface area contributed by atoms with Gasteiger partial charge in [0.05, 0.1) is 12.6 Å². The Morgan fingerprint density at radius 2 is 2.00 bits per heavy atom. The molecule has 1 unspecified atom stereocenters. The Balaban J connectivity index is 2.80. The number of nitrogens with one attached hydrogen (secondary N) is 1. The van der Waals surface area contributed by atoms with Crippen LogP contribution in [0, 0.1) is 13.8 Å². The van der Waals surface area contributed by atoms with Crippen molar-refractivity contribution in [3.8, 4) is 0 Å². The first-order valence-corrected chi connectivity index (χ1v) is 6.07. The van der Waals surface area contributed by atoms with Crippen LogP contribution in [0.3, 0.4) is 0 Å². The quantitative estimate of drug-likeness (QED) is 0.804. The molecule has 0 radical (unpaired) electrons. The van der Waals surface area contributed by atoms with E-state index in [9.17, 15) is 4.79 Å². The number of methoxy groups -OCH3 is 1. The molecule has 0 aliphatic carbocycles. The third kappa shape index (κ3) is 3.82. The largest absolute Gasteiger partial charge is 0.396 e. The number of rotatable bonds is 6. The average molecular weight is 251 g/mol. The molecule has 4 nitrogen and oxygen atoms in total. The van der Waals surface area contributed by atoms with Crippen LogP contribution in [-0.2, 0) is 4.74 Å². The van der Waals surface area contributed by atoms with Crippen LogP contribution in [0.15, 0.2) is 18.2 Å². The van der Waals surface area contributed by atoms with Gasteiger partial charge in [0.2, 0.25) is 0 Å². The van der Waals surface area contributed by atoms with E-state index in [2.05, 4.69) is 5.32 Å². The topological polar surface area (TPSA) is 58.6 Å². The van der Waals surface area contributed by atoms with Crippen molar-refractivity contribution in [3.63, 3.8) is 0 Å². The number of carbonyl (C=O) groups excluding carboxylic acids is 1. The lowest BCUT2D eigenvalue weighted by molar-refractivity contribution is 0.0877. The van der Waals surface area contributed by atoms with E-state index in [1.165, 1.54) is 0 Å². The van der Waals surface area contributed by atoms with Gasteiger partial charge in [-0.2, -0.15) is 0 Å². The summed E-state index contributed by atoms with van der Waals surface area (Å²) >= 11 is 0. The number of aliphatic hydroxyl groups is 1. The van der Waals surface area contributed by atoms with E-state index >= 15 is 0 Å². The Kier molecular flexibility index (Phi) is 5.82. The fourth-order valence-corrected chi connectivity index (χ4v) is 1.98. The minimum atomic E-state index is -0.161. The van der Waals surface area contributed by atoms with Crippen molar-refractivity contribution < 1.29 is 14.6 Å². The summed E-state index contributed by atoms with van der Waals surface area (Å²) in [6.45, 7) is 4.26. The van der Waals surface area contributed by atoms with Gasteiger partial charge >= 0.3 is 0 Å². The molecule has 0 spiro atoms. The summed E-state index contributed by atoms with van der Waals surface area (Å²) in [4.78, 5) is 12.2. The second-order valence-electron chi connectivity index (χ2n) is 4.40. The maximum Gasteiger partial charge on any atom is 0.252 e. The number of hydrogen-bond acceptors (Lipinski definition) is 3. The lowest BCUT2D eigenvalue weighted by atomic mass is 10.0. The molecule has 0 bridgehead atoms. The maximum absolute atomic E-state index is 12.2. The van der Waals surface area contributed by atoms with Gasteiger partial charge in [0.25, 0.3) is 5.91 Å². The molecule has 1 aromatic carbocycles. The van der Waals surface area contributed by atoms with Crippen molar-refractivity contribution in [2.75, 3.05) is 20.3 Å². The first-order chi connectivity index (χ1) is 8.60. The van der Waals surface area contributed by atoms with Crippen LogP contribution in [0.5, 0.6) is 0 Å².